The molecule has 0 saturated carbocycles. The molecule has 4 heteroatoms. The van der Waals surface area contributed by atoms with Crippen LogP contribution >= 0.6 is 12.4 Å². The van der Waals surface area contributed by atoms with Crippen LogP contribution in [0.3, 0.4) is 0 Å². The Morgan fingerprint density at radius 3 is 2.79 bits per heavy atom. The van der Waals surface area contributed by atoms with Crippen LogP contribution in [0.25, 0.3) is 0 Å². The normalized spacial score (nSPS) is 9.86. The first-order valence-electron chi connectivity index (χ1n) is 5.09. The number of nitrogens with zero attached hydrogens (tertiary/aromatic N) is 2. The van der Waals surface area contributed by atoms with Gasteiger partial charge in [-0.1, -0.05) is 13.8 Å². The summed E-state index contributed by atoms with van der Waals surface area (Å²) in [6, 6.07) is 2.08. The molecule has 82 valence electrons. The zero-order valence-electron chi connectivity index (χ0n) is 8.99. The van der Waals surface area contributed by atoms with Crippen LogP contribution in [0, 0.1) is 0 Å². The Balaban J connectivity index is 0.00000169. The van der Waals surface area contributed by atoms with Gasteiger partial charge in [-0.25, -0.2) is 0 Å². The Hall–Kier alpha value is -0.540. The Morgan fingerprint density at radius 2 is 2.14 bits per heavy atom. The molecule has 0 aliphatic heterocycles. The molecule has 0 spiro atoms. The second-order valence-electron chi connectivity index (χ2n) is 3.25. The van der Waals surface area contributed by atoms with E-state index in [1.807, 2.05) is 10.9 Å². The molecule has 0 atom stereocenters. The molecule has 0 aliphatic carbocycles. The van der Waals surface area contributed by atoms with E-state index in [9.17, 15) is 0 Å². The lowest BCUT2D eigenvalue weighted by Crippen LogP contribution is -2.14. The standard InChI is InChI=1S/C10H19N3.ClH/c1-3-6-11-9-10-5-8-13(12-10)7-4-2;/h5,8,11H,3-4,6-7,9H2,1-2H3;1H. The fourth-order valence-electron chi connectivity index (χ4n) is 1.24. The van der Waals surface area contributed by atoms with Crippen LogP contribution in [0.2, 0.25) is 0 Å². The molecular weight excluding hydrogens is 198 g/mol. The molecule has 0 radical (unpaired) electrons. The summed E-state index contributed by atoms with van der Waals surface area (Å²) in [5.74, 6) is 0. The predicted octanol–water partition coefficient (Wildman–Crippen LogP) is 2.21. The van der Waals surface area contributed by atoms with Gasteiger partial charge in [-0.15, -0.1) is 12.4 Å². The van der Waals surface area contributed by atoms with Gasteiger partial charge in [-0.3, -0.25) is 4.68 Å². The number of aryl methyl sites for hydroxylation is 1. The first-order chi connectivity index (χ1) is 6.36. The van der Waals surface area contributed by atoms with Crippen LogP contribution in [0.5, 0.6) is 0 Å². The molecule has 1 rings (SSSR count). The molecule has 3 nitrogen and oxygen atoms in total. The molecule has 0 aromatic carbocycles. The van der Waals surface area contributed by atoms with E-state index in [1.165, 1.54) is 6.42 Å². The summed E-state index contributed by atoms with van der Waals surface area (Å²) < 4.78 is 2.00. The Bertz CT molecular complexity index is 235. The summed E-state index contributed by atoms with van der Waals surface area (Å²) >= 11 is 0. The average molecular weight is 218 g/mol. The second-order valence-corrected chi connectivity index (χ2v) is 3.25. The van der Waals surface area contributed by atoms with Crippen LogP contribution in [-0.4, -0.2) is 16.3 Å². The maximum Gasteiger partial charge on any atom is 0.0762 e. The van der Waals surface area contributed by atoms with Crippen molar-refractivity contribution in [2.24, 2.45) is 0 Å². The van der Waals surface area contributed by atoms with Gasteiger partial charge in [0.25, 0.3) is 0 Å². The minimum atomic E-state index is 0. The minimum absolute atomic E-state index is 0. The molecule has 1 aromatic rings. The van der Waals surface area contributed by atoms with Crippen molar-refractivity contribution in [1.29, 1.82) is 0 Å². The topological polar surface area (TPSA) is 29.9 Å². The third-order valence-electron chi connectivity index (χ3n) is 1.88. The summed E-state index contributed by atoms with van der Waals surface area (Å²) in [6.07, 6.45) is 4.37. The van der Waals surface area contributed by atoms with Crippen LogP contribution in [0.4, 0.5) is 0 Å². The van der Waals surface area contributed by atoms with Crippen LogP contribution in [0.1, 0.15) is 32.4 Å². The molecule has 1 N–H and O–H groups in total. The van der Waals surface area contributed by atoms with Crippen molar-refractivity contribution in [2.75, 3.05) is 6.54 Å². The SMILES string of the molecule is CCCNCc1ccn(CCC)n1.Cl. The Labute approximate surface area is 92.3 Å². The van der Waals surface area contributed by atoms with Gasteiger partial charge < -0.3 is 5.32 Å². The number of rotatable bonds is 6. The highest BCUT2D eigenvalue weighted by Crippen LogP contribution is 1.96. The molecular formula is C10H20ClN3. The molecule has 0 fully saturated rings. The first-order valence-corrected chi connectivity index (χ1v) is 5.09. The van der Waals surface area contributed by atoms with E-state index in [0.29, 0.717) is 0 Å². The smallest absolute Gasteiger partial charge is 0.0762 e. The van der Waals surface area contributed by atoms with Gasteiger partial charge in [0.2, 0.25) is 0 Å². The van der Waals surface area contributed by atoms with Gasteiger partial charge in [0.1, 0.15) is 0 Å². The lowest BCUT2D eigenvalue weighted by atomic mass is 10.4. The average Bonchev–Trinajstić information content (AvgIpc) is 2.54. The third kappa shape index (κ3) is 4.63. The number of halogens is 1. The van der Waals surface area contributed by atoms with E-state index < -0.39 is 0 Å². The third-order valence-corrected chi connectivity index (χ3v) is 1.88. The van der Waals surface area contributed by atoms with Gasteiger partial charge in [-0.05, 0) is 25.5 Å². The maximum atomic E-state index is 4.43. The van der Waals surface area contributed by atoms with Crippen LogP contribution in [-0.2, 0) is 13.1 Å². The van der Waals surface area contributed by atoms with Gasteiger partial charge in [0, 0.05) is 19.3 Å². The van der Waals surface area contributed by atoms with Gasteiger partial charge in [0.05, 0.1) is 5.69 Å². The summed E-state index contributed by atoms with van der Waals surface area (Å²) in [5, 5.41) is 7.76. The highest BCUT2D eigenvalue weighted by Gasteiger charge is 1.96. The predicted molar refractivity (Wildman–Crippen MR) is 61.8 cm³/mol. The molecule has 0 saturated heterocycles. The highest BCUT2D eigenvalue weighted by molar-refractivity contribution is 5.85. The lowest BCUT2D eigenvalue weighted by molar-refractivity contribution is 0.581. The van der Waals surface area contributed by atoms with E-state index in [1.54, 1.807) is 0 Å². The van der Waals surface area contributed by atoms with E-state index in [0.717, 1.165) is 31.7 Å². The Kier molecular flexibility index (Phi) is 7.52. The van der Waals surface area contributed by atoms with Gasteiger partial charge >= 0.3 is 0 Å². The lowest BCUT2D eigenvalue weighted by Gasteiger charge is -1.99. The summed E-state index contributed by atoms with van der Waals surface area (Å²) in [4.78, 5) is 0. The van der Waals surface area contributed by atoms with E-state index in [-0.39, 0.29) is 12.4 Å². The van der Waals surface area contributed by atoms with E-state index in [2.05, 4.69) is 30.3 Å². The maximum absolute atomic E-state index is 4.43. The largest absolute Gasteiger partial charge is 0.311 e. The number of hydrogen-bond donors (Lipinski definition) is 1. The monoisotopic (exact) mass is 217 g/mol. The number of hydrogen-bond acceptors (Lipinski definition) is 2. The van der Waals surface area contributed by atoms with Crippen molar-refractivity contribution < 1.29 is 0 Å². The molecule has 1 heterocycles. The molecule has 0 aliphatic rings. The second kappa shape index (κ2) is 7.83. The van der Waals surface area contributed by atoms with Crippen molar-refractivity contribution >= 4 is 12.4 Å². The highest BCUT2D eigenvalue weighted by atomic mass is 35.5. The summed E-state index contributed by atoms with van der Waals surface area (Å²) in [5.41, 5.74) is 1.14. The molecule has 1 aromatic heterocycles. The fourth-order valence-corrected chi connectivity index (χ4v) is 1.24. The van der Waals surface area contributed by atoms with Crippen LogP contribution < -0.4 is 5.32 Å². The molecule has 0 amide bonds. The van der Waals surface area contributed by atoms with Gasteiger partial charge in [-0.2, -0.15) is 5.10 Å². The van der Waals surface area contributed by atoms with Gasteiger partial charge in [0.15, 0.2) is 0 Å². The Morgan fingerprint density at radius 1 is 1.36 bits per heavy atom. The number of nitrogens with one attached hydrogen (secondary N) is 1. The van der Waals surface area contributed by atoms with Crippen LogP contribution in [0.15, 0.2) is 12.3 Å². The summed E-state index contributed by atoms with van der Waals surface area (Å²) in [7, 11) is 0. The number of aromatic nitrogens is 2. The zero-order valence-corrected chi connectivity index (χ0v) is 9.81. The quantitative estimate of drug-likeness (QED) is 0.741. The van der Waals surface area contributed by atoms with Crippen molar-refractivity contribution in [3.05, 3.63) is 18.0 Å². The van der Waals surface area contributed by atoms with Crippen molar-refractivity contribution in [3.63, 3.8) is 0 Å². The van der Waals surface area contributed by atoms with Crippen molar-refractivity contribution in [3.8, 4) is 0 Å². The first kappa shape index (κ1) is 13.5. The fraction of sp³-hybridized carbons (Fsp3) is 0.700. The summed E-state index contributed by atoms with van der Waals surface area (Å²) in [6.45, 7) is 7.32. The zero-order chi connectivity index (χ0) is 9.52. The van der Waals surface area contributed by atoms with Crippen molar-refractivity contribution in [1.82, 2.24) is 15.1 Å². The minimum Gasteiger partial charge on any atom is -0.311 e. The molecule has 14 heavy (non-hydrogen) atoms. The van der Waals surface area contributed by atoms with Crippen molar-refractivity contribution in [2.45, 2.75) is 39.8 Å². The molecule has 0 unspecified atom stereocenters. The van der Waals surface area contributed by atoms with E-state index in [4.69, 9.17) is 0 Å². The molecule has 0 bridgehead atoms. The van der Waals surface area contributed by atoms with E-state index >= 15 is 0 Å².